The van der Waals surface area contributed by atoms with Crippen LogP contribution in [0.1, 0.15) is 44.9 Å². The minimum Gasteiger partial charge on any atom is -0.459 e. The van der Waals surface area contributed by atoms with Gasteiger partial charge in [-0.1, -0.05) is 0 Å². The van der Waals surface area contributed by atoms with Gasteiger partial charge in [0.2, 0.25) is 5.91 Å². The summed E-state index contributed by atoms with van der Waals surface area (Å²) in [6.45, 7) is 1.36. The largest absolute Gasteiger partial charge is 0.459 e. The molecule has 5 aliphatic rings. The highest BCUT2D eigenvalue weighted by atomic mass is 16.6. The second-order valence-electron chi connectivity index (χ2n) is 9.72. The number of hydrogen-bond acceptors (Lipinski definition) is 4. The molecule has 1 aromatic carbocycles. The molecule has 1 saturated heterocycles. The lowest BCUT2D eigenvalue weighted by atomic mass is 9.51. The summed E-state index contributed by atoms with van der Waals surface area (Å²) in [5, 5.41) is 3.12. The third-order valence-corrected chi connectivity index (χ3v) is 7.75. The number of fused-ring (bicyclic) bond motifs is 1. The molecule has 154 valence electrons. The van der Waals surface area contributed by atoms with E-state index in [-0.39, 0.29) is 12.0 Å². The number of aromatic nitrogens is 2. The van der Waals surface area contributed by atoms with Gasteiger partial charge in [-0.2, -0.15) is 4.98 Å². The third-order valence-electron chi connectivity index (χ3n) is 7.75. The highest BCUT2D eigenvalue weighted by Crippen LogP contribution is 2.57. The fourth-order valence-electron chi connectivity index (χ4n) is 6.68. The number of H-pyrrole nitrogens is 1. The number of anilines is 1. The van der Waals surface area contributed by atoms with Gasteiger partial charge in [0.25, 0.3) is 6.01 Å². The van der Waals surface area contributed by atoms with Crippen LogP contribution in [0, 0.1) is 29.6 Å². The minimum absolute atomic E-state index is 0.0655. The molecule has 7 rings (SSSR count). The Morgan fingerprint density at radius 2 is 1.97 bits per heavy atom. The van der Waals surface area contributed by atoms with E-state index in [2.05, 4.69) is 15.3 Å². The van der Waals surface area contributed by atoms with Crippen LogP contribution in [0.3, 0.4) is 0 Å². The number of carbonyl (C=O) groups excluding carboxylic acids is 1. The maximum atomic E-state index is 12.8. The lowest BCUT2D eigenvalue weighted by Gasteiger charge is -2.54. The molecule has 4 bridgehead atoms. The normalized spacial score (nSPS) is 35.3. The number of hydrogen-bond donors (Lipinski definition) is 2. The molecule has 2 N–H and O–H groups in total. The Kier molecular flexibility index (Phi) is 4.29. The summed E-state index contributed by atoms with van der Waals surface area (Å²) in [6.07, 6.45) is 8.52. The molecule has 0 radical (unpaired) electrons. The molecule has 1 aliphatic heterocycles. The van der Waals surface area contributed by atoms with Gasteiger partial charge >= 0.3 is 0 Å². The molecule has 2 aromatic rings. The Hall–Kier alpha value is -2.08. The van der Waals surface area contributed by atoms with Gasteiger partial charge in [0.15, 0.2) is 0 Å². The monoisotopic (exact) mass is 395 g/mol. The van der Waals surface area contributed by atoms with Crippen molar-refractivity contribution in [2.45, 2.75) is 51.0 Å². The van der Waals surface area contributed by atoms with Crippen molar-refractivity contribution >= 4 is 22.6 Å². The van der Waals surface area contributed by atoms with Gasteiger partial charge in [-0.3, -0.25) is 4.79 Å². The van der Waals surface area contributed by atoms with Crippen molar-refractivity contribution in [2.24, 2.45) is 29.6 Å². The van der Waals surface area contributed by atoms with Gasteiger partial charge in [0.05, 0.1) is 24.2 Å². The van der Waals surface area contributed by atoms with Crippen LogP contribution < -0.4 is 10.1 Å². The number of benzene rings is 1. The lowest BCUT2D eigenvalue weighted by Crippen LogP contribution is -2.46. The molecule has 1 aromatic heterocycles. The van der Waals surface area contributed by atoms with Gasteiger partial charge in [0.1, 0.15) is 6.10 Å². The number of carbonyl (C=O) groups is 1. The summed E-state index contributed by atoms with van der Waals surface area (Å²) in [5.74, 6) is 4.20. The van der Waals surface area contributed by atoms with Gasteiger partial charge in [0, 0.05) is 18.5 Å². The molecule has 4 aliphatic carbocycles. The molecule has 6 nitrogen and oxygen atoms in total. The summed E-state index contributed by atoms with van der Waals surface area (Å²) in [7, 11) is 0. The van der Waals surface area contributed by atoms with E-state index in [4.69, 9.17) is 9.47 Å². The third kappa shape index (κ3) is 3.41. The van der Waals surface area contributed by atoms with Crippen molar-refractivity contribution in [3.63, 3.8) is 0 Å². The number of imidazole rings is 1. The Labute approximate surface area is 170 Å². The average Bonchev–Trinajstić information content (AvgIpc) is 3.33. The molecule has 29 heavy (non-hydrogen) atoms. The number of amides is 1. The van der Waals surface area contributed by atoms with E-state index in [0.29, 0.717) is 25.0 Å². The quantitative estimate of drug-likeness (QED) is 0.798. The van der Waals surface area contributed by atoms with E-state index in [1.807, 2.05) is 18.2 Å². The highest BCUT2D eigenvalue weighted by molar-refractivity contribution is 5.93. The Bertz CT molecular complexity index is 889. The lowest BCUT2D eigenvalue weighted by molar-refractivity contribution is -0.121. The van der Waals surface area contributed by atoms with Gasteiger partial charge < -0.3 is 19.8 Å². The van der Waals surface area contributed by atoms with Crippen LogP contribution in [0.25, 0.3) is 11.0 Å². The second-order valence-corrected chi connectivity index (χ2v) is 9.72. The standard InChI is InChI=1S/C23H29N3O3/c27-22(11-19-15-6-13-5-14(8-15)9-16(19)7-13)24-17-1-2-20-21(10-17)26-23(25-20)29-18-3-4-28-12-18/h1-2,10,13-16,18-19H,3-9,11-12H2,(H,24,27)(H,25,26). The number of rotatable bonds is 5. The number of ether oxygens (including phenoxy) is 2. The first-order valence-corrected chi connectivity index (χ1v) is 11.2. The summed E-state index contributed by atoms with van der Waals surface area (Å²) in [6, 6.07) is 6.35. The molecule has 2 heterocycles. The van der Waals surface area contributed by atoms with E-state index in [1.165, 1.54) is 32.1 Å². The van der Waals surface area contributed by atoms with Crippen LogP contribution >= 0.6 is 0 Å². The van der Waals surface area contributed by atoms with E-state index in [1.54, 1.807) is 0 Å². The van der Waals surface area contributed by atoms with Crippen LogP contribution in [0.4, 0.5) is 5.69 Å². The molecule has 4 saturated carbocycles. The SMILES string of the molecule is O=C(CC1C2CC3CC(C2)CC1C3)Nc1ccc2[nH]c(OC3CCOC3)nc2c1. The number of nitrogens with one attached hydrogen (secondary N) is 2. The van der Waals surface area contributed by atoms with Crippen LogP contribution in [0.2, 0.25) is 0 Å². The van der Waals surface area contributed by atoms with Crippen molar-refractivity contribution in [1.82, 2.24) is 9.97 Å². The molecule has 0 spiro atoms. The topological polar surface area (TPSA) is 76.2 Å². The summed E-state index contributed by atoms with van der Waals surface area (Å²) < 4.78 is 11.2. The Balaban J connectivity index is 1.11. The predicted molar refractivity (Wildman–Crippen MR) is 110 cm³/mol. The van der Waals surface area contributed by atoms with Crippen molar-refractivity contribution in [3.8, 4) is 6.01 Å². The fraction of sp³-hybridized carbons (Fsp3) is 0.652. The first-order valence-electron chi connectivity index (χ1n) is 11.2. The van der Waals surface area contributed by atoms with Gasteiger partial charge in [-0.25, -0.2) is 0 Å². The predicted octanol–water partition coefficient (Wildman–Crippen LogP) is 4.13. The van der Waals surface area contributed by atoms with Crippen LogP contribution in [-0.4, -0.2) is 35.2 Å². The smallest absolute Gasteiger partial charge is 0.294 e. The van der Waals surface area contributed by atoms with E-state index < -0.39 is 0 Å². The summed E-state index contributed by atoms with van der Waals surface area (Å²) >= 11 is 0. The molecule has 1 atom stereocenters. The molecule has 1 unspecified atom stereocenters. The van der Waals surface area contributed by atoms with Gasteiger partial charge in [-0.05, 0) is 79.9 Å². The maximum Gasteiger partial charge on any atom is 0.294 e. The average molecular weight is 396 g/mol. The first kappa shape index (κ1) is 17.8. The highest BCUT2D eigenvalue weighted by Gasteiger charge is 2.48. The molecule has 6 heteroatoms. The molecule has 5 fully saturated rings. The van der Waals surface area contributed by atoms with Crippen molar-refractivity contribution in [1.29, 1.82) is 0 Å². The van der Waals surface area contributed by atoms with Crippen molar-refractivity contribution < 1.29 is 14.3 Å². The van der Waals surface area contributed by atoms with Crippen LogP contribution in [0.15, 0.2) is 18.2 Å². The Morgan fingerprint density at radius 3 is 2.69 bits per heavy atom. The Morgan fingerprint density at radius 1 is 1.17 bits per heavy atom. The number of nitrogens with zero attached hydrogens (tertiary/aromatic N) is 1. The van der Waals surface area contributed by atoms with Crippen molar-refractivity contribution in [2.75, 3.05) is 18.5 Å². The zero-order chi connectivity index (χ0) is 19.4. The van der Waals surface area contributed by atoms with Gasteiger partial charge in [-0.15, -0.1) is 0 Å². The molecule has 1 amide bonds. The van der Waals surface area contributed by atoms with Crippen molar-refractivity contribution in [3.05, 3.63) is 18.2 Å². The van der Waals surface area contributed by atoms with E-state index in [0.717, 1.165) is 53.4 Å². The van der Waals surface area contributed by atoms with Crippen LogP contribution in [-0.2, 0) is 9.53 Å². The fourth-order valence-corrected chi connectivity index (χ4v) is 6.68. The van der Waals surface area contributed by atoms with Crippen LogP contribution in [0.5, 0.6) is 6.01 Å². The molecular formula is C23H29N3O3. The van der Waals surface area contributed by atoms with E-state index >= 15 is 0 Å². The number of aromatic amines is 1. The minimum atomic E-state index is 0.0655. The summed E-state index contributed by atoms with van der Waals surface area (Å²) in [5.41, 5.74) is 2.54. The summed E-state index contributed by atoms with van der Waals surface area (Å²) in [4.78, 5) is 20.5. The zero-order valence-electron chi connectivity index (χ0n) is 16.7. The maximum absolute atomic E-state index is 12.8. The molecular weight excluding hydrogens is 366 g/mol. The first-order chi connectivity index (χ1) is 14.2. The zero-order valence-corrected chi connectivity index (χ0v) is 16.7. The van der Waals surface area contributed by atoms with E-state index in [9.17, 15) is 4.79 Å². The second kappa shape index (κ2) is 7.01.